The maximum atomic E-state index is 12.0. The molecule has 0 saturated carbocycles. The molecule has 1 aromatic carbocycles. The first-order chi connectivity index (χ1) is 10.2. The second kappa shape index (κ2) is 7.31. The Morgan fingerprint density at radius 2 is 2.00 bits per heavy atom. The van der Waals surface area contributed by atoms with Crippen molar-refractivity contribution in [1.29, 1.82) is 0 Å². The zero-order valence-corrected chi connectivity index (χ0v) is 12.9. The number of carbonyl (C=O) groups is 1. The Morgan fingerprint density at radius 3 is 2.71 bits per heavy atom. The smallest absolute Gasteiger partial charge is 0.237 e. The molecule has 2 N–H and O–H groups in total. The first kappa shape index (κ1) is 15.6. The second-order valence-corrected chi connectivity index (χ2v) is 5.34. The standard InChI is InChI=1S/C16H24N2O3/c1-11(18-13-6-4-5-9-17-16(13)19)12-7-8-14(20-2)15(10-12)21-3/h7-8,10-11,13,18H,4-6,9H2,1-3H3,(H,17,19). The Bertz CT molecular complexity index is 490. The van der Waals surface area contributed by atoms with Gasteiger partial charge in [-0.3, -0.25) is 10.1 Å². The maximum absolute atomic E-state index is 12.0. The van der Waals surface area contributed by atoms with Crippen molar-refractivity contribution < 1.29 is 14.3 Å². The van der Waals surface area contributed by atoms with Gasteiger partial charge in [-0.05, 0) is 43.9 Å². The molecule has 2 unspecified atom stereocenters. The monoisotopic (exact) mass is 292 g/mol. The van der Waals surface area contributed by atoms with Crippen LogP contribution in [0.2, 0.25) is 0 Å². The first-order valence-electron chi connectivity index (χ1n) is 7.41. The summed E-state index contributed by atoms with van der Waals surface area (Å²) in [4.78, 5) is 12.0. The van der Waals surface area contributed by atoms with Crippen LogP contribution in [0, 0.1) is 0 Å². The highest BCUT2D eigenvalue weighted by Gasteiger charge is 2.22. The molecule has 0 bridgehead atoms. The highest BCUT2D eigenvalue weighted by atomic mass is 16.5. The van der Waals surface area contributed by atoms with Crippen LogP contribution in [0.1, 0.15) is 37.8 Å². The lowest BCUT2D eigenvalue weighted by Gasteiger charge is -2.22. The molecule has 0 radical (unpaired) electrons. The van der Waals surface area contributed by atoms with Gasteiger partial charge in [0.15, 0.2) is 11.5 Å². The van der Waals surface area contributed by atoms with E-state index in [1.165, 1.54) is 0 Å². The molecule has 116 valence electrons. The summed E-state index contributed by atoms with van der Waals surface area (Å²) in [7, 11) is 3.24. The van der Waals surface area contributed by atoms with Crippen LogP contribution in [0.15, 0.2) is 18.2 Å². The van der Waals surface area contributed by atoms with Crippen molar-refractivity contribution >= 4 is 5.91 Å². The minimum atomic E-state index is -0.129. The minimum absolute atomic E-state index is 0.0682. The quantitative estimate of drug-likeness (QED) is 0.872. The second-order valence-electron chi connectivity index (χ2n) is 5.34. The first-order valence-corrected chi connectivity index (χ1v) is 7.41. The van der Waals surface area contributed by atoms with E-state index < -0.39 is 0 Å². The van der Waals surface area contributed by atoms with Crippen LogP contribution in [0.5, 0.6) is 11.5 Å². The van der Waals surface area contributed by atoms with Crippen molar-refractivity contribution in [1.82, 2.24) is 10.6 Å². The van der Waals surface area contributed by atoms with Crippen LogP contribution in [0.3, 0.4) is 0 Å². The van der Waals surface area contributed by atoms with E-state index >= 15 is 0 Å². The lowest BCUT2D eigenvalue weighted by Crippen LogP contribution is -2.43. The van der Waals surface area contributed by atoms with Crippen molar-refractivity contribution in [2.24, 2.45) is 0 Å². The van der Waals surface area contributed by atoms with Crippen LogP contribution in [-0.2, 0) is 4.79 Å². The SMILES string of the molecule is COc1ccc(C(C)NC2CCCCNC2=O)cc1OC. The van der Waals surface area contributed by atoms with Crippen LogP contribution < -0.4 is 20.1 Å². The third-order valence-electron chi connectivity index (χ3n) is 3.89. The van der Waals surface area contributed by atoms with E-state index in [9.17, 15) is 4.79 Å². The van der Waals surface area contributed by atoms with E-state index in [1.807, 2.05) is 18.2 Å². The number of methoxy groups -OCH3 is 2. The summed E-state index contributed by atoms with van der Waals surface area (Å²) in [5.74, 6) is 1.51. The predicted molar refractivity (Wildman–Crippen MR) is 81.7 cm³/mol. The van der Waals surface area contributed by atoms with E-state index in [1.54, 1.807) is 14.2 Å². The fourth-order valence-electron chi connectivity index (χ4n) is 2.62. The van der Waals surface area contributed by atoms with Gasteiger partial charge < -0.3 is 14.8 Å². The zero-order valence-electron chi connectivity index (χ0n) is 12.9. The molecule has 1 aliphatic rings. The van der Waals surface area contributed by atoms with Crippen molar-refractivity contribution in [2.75, 3.05) is 20.8 Å². The Balaban J connectivity index is 2.08. The number of nitrogens with one attached hydrogen (secondary N) is 2. The van der Waals surface area contributed by atoms with Gasteiger partial charge in [0.2, 0.25) is 5.91 Å². The number of benzene rings is 1. The molecular formula is C16H24N2O3. The lowest BCUT2D eigenvalue weighted by molar-refractivity contribution is -0.123. The molecule has 1 aromatic rings. The zero-order chi connectivity index (χ0) is 15.2. The molecular weight excluding hydrogens is 268 g/mol. The summed E-state index contributed by atoms with van der Waals surface area (Å²) in [6, 6.07) is 5.77. The van der Waals surface area contributed by atoms with Gasteiger partial charge in [-0.1, -0.05) is 6.07 Å². The third-order valence-corrected chi connectivity index (χ3v) is 3.89. The predicted octanol–water partition coefficient (Wildman–Crippen LogP) is 2.02. The Labute approximate surface area is 126 Å². The highest BCUT2D eigenvalue weighted by molar-refractivity contribution is 5.81. The van der Waals surface area contributed by atoms with Gasteiger partial charge in [0.25, 0.3) is 0 Å². The van der Waals surface area contributed by atoms with Crippen LogP contribution in [0.4, 0.5) is 0 Å². The number of carbonyl (C=O) groups excluding carboxylic acids is 1. The average Bonchev–Trinajstić information content (AvgIpc) is 2.71. The number of amides is 1. The van der Waals surface area contributed by atoms with E-state index in [-0.39, 0.29) is 18.0 Å². The summed E-state index contributed by atoms with van der Waals surface area (Å²) < 4.78 is 10.6. The van der Waals surface area contributed by atoms with Crippen molar-refractivity contribution in [3.63, 3.8) is 0 Å². The van der Waals surface area contributed by atoms with Crippen LogP contribution >= 0.6 is 0 Å². The number of ether oxygens (including phenoxy) is 2. The number of hydrogen-bond acceptors (Lipinski definition) is 4. The van der Waals surface area contributed by atoms with Gasteiger partial charge in [-0.25, -0.2) is 0 Å². The molecule has 0 aromatic heterocycles. The number of hydrogen-bond donors (Lipinski definition) is 2. The van der Waals surface area contributed by atoms with Gasteiger partial charge in [0.05, 0.1) is 20.3 Å². The van der Waals surface area contributed by atoms with E-state index in [0.29, 0.717) is 11.5 Å². The molecule has 1 heterocycles. The van der Waals surface area contributed by atoms with Gasteiger partial charge in [-0.15, -0.1) is 0 Å². The molecule has 0 aliphatic carbocycles. The molecule has 1 aliphatic heterocycles. The van der Waals surface area contributed by atoms with E-state index in [4.69, 9.17) is 9.47 Å². The van der Waals surface area contributed by atoms with Crippen molar-refractivity contribution in [3.8, 4) is 11.5 Å². The molecule has 1 amide bonds. The topological polar surface area (TPSA) is 59.6 Å². The molecule has 21 heavy (non-hydrogen) atoms. The summed E-state index contributed by atoms with van der Waals surface area (Å²) in [5.41, 5.74) is 1.07. The molecule has 0 spiro atoms. The van der Waals surface area contributed by atoms with Gasteiger partial charge in [0.1, 0.15) is 0 Å². The summed E-state index contributed by atoms with van der Waals surface area (Å²) in [6.45, 7) is 2.83. The molecule has 2 atom stereocenters. The summed E-state index contributed by atoms with van der Waals surface area (Å²) in [6.07, 6.45) is 2.99. The van der Waals surface area contributed by atoms with Crippen LogP contribution in [0.25, 0.3) is 0 Å². The highest BCUT2D eigenvalue weighted by Crippen LogP contribution is 2.30. The molecule has 1 fully saturated rings. The number of rotatable bonds is 5. The molecule has 1 saturated heterocycles. The van der Waals surface area contributed by atoms with Gasteiger partial charge >= 0.3 is 0 Å². The van der Waals surface area contributed by atoms with Gasteiger partial charge in [-0.2, -0.15) is 0 Å². The van der Waals surface area contributed by atoms with Gasteiger partial charge in [0, 0.05) is 12.6 Å². The van der Waals surface area contributed by atoms with E-state index in [0.717, 1.165) is 31.4 Å². The lowest BCUT2D eigenvalue weighted by atomic mass is 10.0. The van der Waals surface area contributed by atoms with E-state index in [2.05, 4.69) is 17.6 Å². The average molecular weight is 292 g/mol. The Hall–Kier alpha value is -1.75. The molecule has 5 nitrogen and oxygen atoms in total. The third kappa shape index (κ3) is 3.88. The normalized spacial score (nSPS) is 20.3. The van der Waals surface area contributed by atoms with Crippen molar-refractivity contribution in [2.45, 2.75) is 38.3 Å². The maximum Gasteiger partial charge on any atom is 0.237 e. The summed E-state index contributed by atoms with van der Waals surface area (Å²) >= 11 is 0. The Kier molecular flexibility index (Phi) is 5.44. The fraction of sp³-hybridized carbons (Fsp3) is 0.562. The van der Waals surface area contributed by atoms with Crippen molar-refractivity contribution in [3.05, 3.63) is 23.8 Å². The molecule has 2 rings (SSSR count). The molecule has 5 heteroatoms. The largest absolute Gasteiger partial charge is 0.493 e. The van der Waals surface area contributed by atoms with Crippen LogP contribution in [-0.4, -0.2) is 32.7 Å². The summed E-state index contributed by atoms with van der Waals surface area (Å²) in [5, 5.41) is 6.35. The fourth-order valence-corrected chi connectivity index (χ4v) is 2.62. The Morgan fingerprint density at radius 1 is 1.24 bits per heavy atom. The minimum Gasteiger partial charge on any atom is -0.493 e.